The molecule has 1 saturated heterocycles. The van der Waals surface area contributed by atoms with Crippen LogP contribution in [0, 0.1) is 5.92 Å². The maximum absolute atomic E-state index is 13.5. The van der Waals surface area contributed by atoms with Crippen LogP contribution in [0.5, 0.6) is 0 Å². The van der Waals surface area contributed by atoms with Crippen molar-refractivity contribution >= 4 is 23.4 Å². The van der Waals surface area contributed by atoms with E-state index in [2.05, 4.69) is 10.2 Å². The Morgan fingerprint density at radius 3 is 2.59 bits per heavy atom. The molecule has 2 amide bonds. The van der Waals surface area contributed by atoms with E-state index in [-0.39, 0.29) is 30.3 Å². The zero-order chi connectivity index (χ0) is 24.1. The molecule has 0 radical (unpaired) electrons. The molecule has 8 heteroatoms. The molecule has 1 fully saturated rings. The van der Waals surface area contributed by atoms with Gasteiger partial charge in [0, 0.05) is 19.1 Å². The molecule has 3 aromatic rings. The van der Waals surface area contributed by atoms with E-state index in [1.54, 1.807) is 11.0 Å². The summed E-state index contributed by atoms with van der Waals surface area (Å²) in [5.41, 5.74) is 1.64. The number of nitrogens with zero attached hydrogens (tertiary/aromatic N) is 4. The minimum Gasteiger partial charge on any atom is -0.419 e. The first-order valence-electron chi connectivity index (χ1n) is 11.6. The van der Waals surface area contributed by atoms with E-state index in [0.717, 1.165) is 18.4 Å². The van der Waals surface area contributed by atoms with Crippen molar-refractivity contribution in [1.29, 1.82) is 0 Å². The van der Waals surface area contributed by atoms with Gasteiger partial charge in [0.15, 0.2) is 0 Å². The largest absolute Gasteiger partial charge is 0.419 e. The number of piperidine rings is 1. The predicted molar refractivity (Wildman–Crippen MR) is 130 cm³/mol. The third kappa shape index (κ3) is 5.65. The van der Waals surface area contributed by atoms with Crippen LogP contribution in [0.1, 0.15) is 38.1 Å². The molecule has 2 heterocycles. The highest BCUT2D eigenvalue weighted by molar-refractivity contribution is 6.33. The first-order chi connectivity index (χ1) is 16.4. The topological polar surface area (TPSA) is 79.5 Å². The maximum Gasteiger partial charge on any atom is 0.249 e. The van der Waals surface area contributed by atoms with Crippen molar-refractivity contribution in [3.63, 3.8) is 0 Å². The Bertz CT molecular complexity index is 1130. The third-order valence-electron chi connectivity index (χ3n) is 6.10. The van der Waals surface area contributed by atoms with Gasteiger partial charge in [-0.3, -0.25) is 9.59 Å². The lowest BCUT2D eigenvalue weighted by atomic mass is 9.95. The van der Waals surface area contributed by atoms with Crippen LogP contribution >= 0.6 is 11.6 Å². The average Bonchev–Trinajstić information content (AvgIpc) is 3.31. The number of amides is 2. The minimum absolute atomic E-state index is 0.00436. The fourth-order valence-corrected chi connectivity index (χ4v) is 4.46. The Balaban J connectivity index is 1.42. The van der Waals surface area contributed by atoms with Gasteiger partial charge in [0.1, 0.15) is 0 Å². The van der Waals surface area contributed by atoms with Crippen molar-refractivity contribution in [1.82, 2.24) is 20.0 Å². The second kappa shape index (κ2) is 10.8. The first-order valence-corrected chi connectivity index (χ1v) is 12.0. The standard InChI is InChI=1S/C26H29ClN4O3/c1-18(2)31(17-23-28-29-25(34-23)21-12-6-7-13-22(21)27)26(33)20-11-8-14-30(16-20)24(32)15-19-9-4-3-5-10-19/h3-7,9-10,12-13,18,20H,8,11,14-17H2,1-2H3. The molecule has 1 unspecified atom stereocenters. The van der Waals surface area contributed by atoms with E-state index in [1.807, 2.05) is 67.3 Å². The Morgan fingerprint density at radius 2 is 1.85 bits per heavy atom. The lowest BCUT2D eigenvalue weighted by molar-refractivity contribution is -0.142. The summed E-state index contributed by atoms with van der Waals surface area (Å²) in [6.07, 6.45) is 1.91. The number of hydrogen-bond acceptors (Lipinski definition) is 5. The maximum atomic E-state index is 13.5. The molecule has 4 rings (SSSR count). The van der Waals surface area contributed by atoms with Crippen LogP contribution in [0.3, 0.4) is 0 Å². The monoisotopic (exact) mass is 480 g/mol. The number of aromatic nitrogens is 2. The number of carbonyl (C=O) groups is 2. The highest BCUT2D eigenvalue weighted by Gasteiger charge is 2.33. The van der Waals surface area contributed by atoms with Gasteiger partial charge in [-0.05, 0) is 44.4 Å². The van der Waals surface area contributed by atoms with Gasteiger partial charge in [-0.2, -0.15) is 0 Å². The van der Waals surface area contributed by atoms with Gasteiger partial charge in [0.2, 0.25) is 23.6 Å². The van der Waals surface area contributed by atoms with E-state index in [1.165, 1.54) is 0 Å². The van der Waals surface area contributed by atoms with Crippen molar-refractivity contribution in [3.8, 4) is 11.5 Å². The molecular formula is C26H29ClN4O3. The van der Waals surface area contributed by atoms with Gasteiger partial charge in [-0.15, -0.1) is 10.2 Å². The van der Waals surface area contributed by atoms with Gasteiger partial charge in [-0.1, -0.05) is 54.1 Å². The third-order valence-corrected chi connectivity index (χ3v) is 6.43. The molecule has 1 aliphatic rings. The molecule has 1 aromatic heterocycles. The molecular weight excluding hydrogens is 452 g/mol. The van der Waals surface area contributed by atoms with E-state index in [9.17, 15) is 9.59 Å². The summed E-state index contributed by atoms with van der Waals surface area (Å²) in [4.78, 5) is 29.9. The van der Waals surface area contributed by atoms with Crippen LogP contribution in [-0.4, -0.2) is 50.9 Å². The van der Waals surface area contributed by atoms with Gasteiger partial charge in [0.25, 0.3) is 0 Å². The first kappa shape index (κ1) is 24.0. The lowest BCUT2D eigenvalue weighted by Gasteiger charge is -2.36. The van der Waals surface area contributed by atoms with Crippen LogP contribution in [-0.2, 0) is 22.6 Å². The fourth-order valence-electron chi connectivity index (χ4n) is 4.24. The summed E-state index contributed by atoms with van der Waals surface area (Å²) in [5, 5.41) is 8.78. The predicted octanol–water partition coefficient (Wildman–Crippen LogP) is 4.61. The van der Waals surface area contributed by atoms with E-state index < -0.39 is 0 Å². The molecule has 2 aromatic carbocycles. The molecule has 178 valence electrons. The van der Waals surface area contributed by atoms with Crippen LogP contribution < -0.4 is 0 Å². The van der Waals surface area contributed by atoms with Gasteiger partial charge in [0.05, 0.1) is 29.5 Å². The van der Waals surface area contributed by atoms with Gasteiger partial charge >= 0.3 is 0 Å². The summed E-state index contributed by atoms with van der Waals surface area (Å²) in [7, 11) is 0. The average molecular weight is 481 g/mol. The summed E-state index contributed by atoms with van der Waals surface area (Å²) in [6.45, 7) is 5.25. The van der Waals surface area contributed by atoms with Crippen molar-refractivity contribution in [3.05, 3.63) is 71.1 Å². The minimum atomic E-state index is -0.248. The number of carbonyl (C=O) groups excluding carboxylic acids is 2. The molecule has 7 nitrogen and oxygen atoms in total. The zero-order valence-corrected chi connectivity index (χ0v) is 20.2. The second-order valence-corrected chi connectivity index (χ2v) is 9.29. The Hall–Kier alpha value is -3.19. The number of hydrogen-bond donors (Lipinski definition) is 0. The Morgan fingerprint density at radius 1 is 1.12 bits per heavy atom. The van der Waals surface area contributed by atoms with Crippen LogP contribution in [0.25, 0.3) is 11.5 Å². The zero-order valence-electron chi connectivity index (χ0n) is 19.5. The Kier molecular flexibility index (Phi) is 7.63. The SMILES string of the molecule is CC(C)N(Cc1nnc(-c2ccccc2Cl)o1)C(=O)C1CCCN(C(=O)Cc2ccccc2)C1. The lowest BCUT2D eigenvalue weighted by Crippen LogP contribution is -2.48. The summed E-state index contributed by atoms with van der Waals surface area (Å²) >= 11 is 6.24. The highest BCUT2D eigenvalue weighted by Crippen LogP contribution is 2.27. The second-order valence-electron chi connectivity index (χ2n) is 8.88. The summed E-state index contributed by atoms with van der Waals surface area (Å²) in [5.74, 6) is 0.490. The van der Waals surface area contributed by atoms with E-state index in [0.29, 0.717) is 41.9 Å². The number of halogens is 1. The van der Waals surface area contributed by atoms with Crippen LogP contribution in [0.15, 0.2) is 59.0 Å². The molecule has 0 N–H and O–H groups in total. The normalized spacial score (nSPS) is 16.0. The van der Waals surface area contributed by atoms with E-state index >= 15 is 0 Å². The van der Waals surface area contributed by atoms with Crippen molar-refractivity contribution in [2.24, 2.45) is 5.92 Å². The summed E-state index contributed by atoms with van der Waals surface area (Å²) in [6, 6.07) is 16.9. The molecule has 0 bridgehead atoms. The molecule has 1 aliphatic heterocycles. The highest BCUT2D eigenvalue weighted by atomic mass is 35.5. The van der Waals surface area contributed by atoms with Crippen molar-refractivity contribution in [2.45, 2.75) is 45.7 Å². The molecule has 0 spiro atoms. The van der Waals surface area contributed by atoms with Crippen LogP contribution in [0.2, 0.25) is 5.02 Å². The Labute approximate surface area is 204 Å². The summed E-state index contributed by atoms with van der Waals surface area (Å²) < 4.78 is 5.83. The number of benzene rings is 2. The molecule has 0 aliphatic carbocycles. The number of likely N-dealkylation sites (tertiary alicyclic amines) is 1. The molecule has 1 atom stereocenters. The smallest absolute Gasteiger partial charge is 0.249 e. The van der Waals surface area contributed by atoms with Crippen molar-refractivity contribution < 1.29 is 14.0 Å². The van der Waals surface area contributed by atoms with E-state index in [4.69, 9.17) is 16.0 Å². The van der Waals surface area contributed by atoms with Gasteiger partial charge in [-0.25, -0.2) is 0 Å². The van der Waals surface area contributed by atoms with Crippen LogP contribution in [0.4, 0.5) is 0 Å². The molecule has 34 heavy (non-hydrogen) atoms. The fraction of sp³-hybridized carbons (Fsp3) is 0.385. The van der Waals surface area contributed by atoms with Gasteiger partial charge < -0.3 is 14.2 Å². The van der Waals surface area contributed by atoms with Crippen molar-refractivity contribution in [2.75, 3.05) is 13.1 Å². The quantitative estimate of drug-likeness (QED) is 0.493. The molecule has 0 saturated carbocycles. The number of rotatable bonds is 7.